The number of carbonyl (C=O) groups is 2. The van der Waals surface area contributed by atoms with Crippen LogP contribution in [0, 0.1) is 12.8 Å². The number of pyridine rings is 1. The van der Waals surface area contributed by atoms with E-state index in [0.29, 0.717) is 11.3 Å². The Morgan fingerprint density at radius 2 is 1.62 bits per heavy atom. The summed E-state index contributed by atoms with van der Waals surface area (Å²) in [6.07, 6.45) is 3.87. The third-order valence-electron chi connectivity index (χ3n) is 6.77. The summed E-state index contributed by atoms with van der Waals surface area (Å²) in [6.45, 7) is 12.0. The summed E-state index contributed by atoms with van der Waals surface area (Å²) in [5.74, 6) is 0.499. The van der Waals surface area contributed by atoms with Crippen molar-refractivity contribution in [3.63, 3.8) is 0 Å². The Hall–Kier alpha value is -3.97. The number of hydrogen-bond donors (Lipinski definition) is 2. The number of ether oxygens (including phenoxy) is 1. The molecule has 0 unspecified atom stereocenters. The van der Waals surface area contributed by atoms with Crippen LogP contribution in [0.15, 0.2) is 60.8 Å². The molecular formula is C33H42N4O3. The van der Waals surface area contributed by atoms with Crippen molar-refractivity contribution in [3.05, 3.63) is 83.2 Å². The largest absolute Gasteiger partial charge is 0.496 e. The van der Waals surface area contributed by atoms with E-state index in [1.807, 2.05) is 84.1 Å². The van der Waals surface area contributed by atoms with Crippen LogP contribution in [0.4, 0.5) is 5.69 Å². The highest BCUT2D eigenvalue weighted by Crippen LogP contribution is 2.35. The van der Waals surface area contributed by atoms with Crippen molar-refractivity contribution in [2.24, 2.45) is 5.92 Å². The van der Waals surface area contributed by atoms with Crippen LogP contribution in [-0.4, -0.2) is 55.0 Å². The Kier molecular flexibility index (Phi) is 10.2. The van der Waals surface area contributed by atoms with Crippen LogP contribution >= 0.6 is 0 Å². The summed E-state index contributed by atoms with van der Waals surface area (Å²) in [4.78, 5) is 32.7. The molecule has 0 bridgehead atoms. The van der Waals surface area contributed by atoms with Crippen LogP contribution in [0.2, 0.25) is 0 Å². The summed E-state index contributed by atoms with van der Waals surface area (Å²) < 4.78 is 5.62. The number of nitrogens with zero attached hydrogens (tertiary/aromatic N) is 2. The number of aromatic nitrogens is 1. The fourth-order valence-corrected chi connectivity index (χ4v) is 4.68. The number of aryl methyl sites for hydroxylation is 1. The average molecular weight is 543 g/mol. The minimum absolute atomic E-state index is 0.0794. The van der Waals surface area contributed by atoms with Gasteiger partial charge in [-0.15, -0.1) is 0 Å². The SMILES string of the molecule is C/C=C(/c1ccccc1OC)c1cc(-c2ccc(NC(=O)[C@@H](NC(C)C)C(C)C)c(C(=O)N(C)C)c2)cnc1C. The number of hydrogen-bond acceptors (Lipinski definition) is 5. The quantitative estimate of drug-likeness (QED) is 0.320. The molecular weight excluding hydrogens is 500 g/mol. The molecule has 2 N–H and O–H groups in total. The van der Waals surface area contributed by atoms with Gasteiger partial charge in [0.05, 0.1) is 24.4 Å². The maximum absolute atomic E-state index is 13.3. The summed E-state index contributed by atoms with van der Waals surface area (Å²) in [6, 6.07) is 15.3. The number of amides is 2. The van der Waals surface area contributed by atoms with E-state index in [1.165, 1.54) is 4.90 Å². The number of carbonyl (C=O) groups excluding carboxylic acids is 2. The Bertz CT molecular complexity index is 1390. The van der Waals surface area contributed by atoms with Gasteiger partial charge in [0.15, 0.2) is 0 Å². The lowest BCUT2D eigenvalue weighted by Gasteiger charge is -2.25. The fraction of sp³-hybridized carbons (Fsp3) is 0.364. The van der Waals surface area contributed by atoms with Gasteiger partial charge < -0.3 is 20.3 Å². The van der Waals surface area contributed by atoms with Crippen LogP contribution in [0.1, 0.15) is 61.8 Å². The van der Waals surface area contributed by atoms with Gasteiger partial charge in [-0.3, -0.25) is 14.6 Å². The fourth-order valence-electron chi connectivity index (χ4n) is 4.68. The lowest BCUT2D eigenvalue weighted by Crippen LogP contribution is -2.47. The number of allylic oxidation sites excluding steroid dienone is 1. The van der Waals surface area contributed by atoms with Crippen LogP contribution in [0.3, 0.4) is 0 Å². The molecule has 2 aromatic carbocycles. The van der Waals surface area contributed by atoms with E-state index in [0.717, 1.165) is 39.3 Å². The molecule has 40 heavy (non-hydrogen) atoms. The standard InChI is InChI=1S/C33H42N4O3/c1-10-25(26-13-11-12-14-30(26)40-9)27-18-24(19-34-22(27)6)23-15-16-29(28(17-23)33(39)37(7)8)36-32(38)31(20(2)3)35-21(4)5/h10-21,31,35H,1-9H3,(H,36,38)/b25-10-/t31-/m0/s1. The topological polar surface area (TPSA) is 83.6 Å². The summed E-state index contributed by atoms with van der Waals surface area (Å²) >= 11 is 0. The zero-order chi connectivity index (χ0) is 29.6. The van der Waals surface area contributed by atoms with Crippen LogP contribution in [0.5, 0.6) is 5.75 Å². The van der Waals surface area contributed by atoms with E-state index in [-0.39, 0.29) is 29.8 Å². The Morgan fingerprint density at radius 1 is 0.950 bits per heavy atom. The van der Waals surface area contributed by atoms with E-state index in [4.69, 9.17) is 9.72 Å². The highest BCUT2D eigenvalue weighted by atomic mass is 16.5. The Balaban J connectivity index is 2.07. The van der Waals surface area contributed by atoms with Crippen molar-refractivity contribution in [1.29, 1.82) is 0 Å². The maximum atomic E-state index is 13.3. The van der Waals surface area contributed by atoms with Crippen LogP contribution < -0.4 is 15.4 Å². The van der Waals surface area contributed by atoms with Crippen molar-refractivity contribution >= 4 is 23.1 Å². The molecule has 7 nitrogen and oxygen atoms in total. The number of nitrogens with one attached hydrogen (secondary N) is 2. The Morgan fingerprint density at radius 3 is 2.23 bits per heavy atom. The van der Waals surface area contributed by atoms with Crippen LogP contribution in [-0.2, 0) is 4.79 Å². The lowest BCUT2D eigenvalue weighted by atomic mass is 9.93. The number of methoxy groups -OCH3 is 1. The van der Waals surface area contributed by atoms with Gasteiger partial charge in [-0.05, 0) is 55.2 Å². The summed E-state index contributed by atoms with van der Waals surface area (Å²) in [5, 5.41) is 6.33. The highest BCUT2D eigenvalue weighted by Gasteiger charge is 2.25. The van der Waals surface area contributed by atoms with Crippen molar-refractivity contribution in [2.45, 2.75) is 53.6 Å². The van der Waals surface area contributed by atoms with Gasteiger partial charge in [0.2, 0.25) is 5.91 Å². The first-order valence-corrected chi connectivity index (χ1v) is 13.7. The Labute approximate surface area is 238 Å². The van der Waals surface area contributed by atoms with Crippen molar-refractivity contribution in [2.75, 3.05) is 26.5 Å². The smallest absolute Gasteiger partial charge is 0.255 e. The number of anilines is 1. The predicted octanol–water partition coefficient (Wildman–Crippen LogP) is 6.18. The molecule has 0 saturated carbocycles. The second-order valence-corrected chi connectivity index (χ2v) is 10.8. The molecule has 0 saturated heterocycles. The molecule has 0 spiro atoms. The number of benzene rings is 2. The lowest BCUT2D eigenvalue weighted by molar-refractivity contribution is -0.119. The molecule has 0 aliphatic rings. The number of rotatable bonds is 10. The maximum Gasteiger partial charge on any atom is 0.255 e. The van der Waals surface area contributed by atoms with E-state index in [9.17, 15) is 9.59 Å². The van der Waals surface area contributed by atoms with Gasteiger partial charge >= 0.3 is 0 Å². The molecule has 0 aliphatic carbocycles. The van der Waals surface area contributed by atoms with E-state index in [2.05, 4.69) is 22.8 Å². The molecule has 2 amide bonds. The van der Waals surface area contributed by atoms with Gasteiger partial charge in [0, 0.05) is 48.7 Å². The molecule has 3 rings (SSSR count). The zero-order valence-corrected chi connectivity index (χ0v) is 25.1. The summed E-state index contributed by atoms with van der Waals surface area (Å²) in [5.41, 5.74) is 6.43. The highest BCUT2D eigenvalue weighted by molar-refractivity contribution is 6.05. The van der Waals surface area contributed by atoms with E-state index in [1.54, 1.807) is 27.3 Å². The van der Waals surface area contributed by atoms with Gasteiger partial charge in [-0.2, -0.15) is 0 Å². The van der Waals surface area contributed by atoms with Crippen LogP contribution in [0.25, 0.3) is 16.7 Å². The minimum atomic E-state index is -0.389. The molecule has 0 radical (unpaired) electrons. The van der Waals surface area contributed by atoms with Gasteiger partial charge in [0.1, 0.15) is 5.75 Å². The molecule has 1 aromatic heterocycles. The molecule has 0 aliphatic heterocycles. The van der Waals surface area contributed by atoms with Gasteiger partial charge in [-0.25, -0.2) is 0 Å². The molecule has 1 atom stereocenters. The molecule has 1 heterocycles. The molecule has 0 fully saturated rings. The summed E-state index contributed by atoms with van der Waals surface area (Å²) in [7, 11) is 5.07. The first-order valence-electron chi connectivity index (χ1n) is 13.7. The van der Waals surface area contributed by atoms with Crippen molar-refractivity contribution in [3.8, 4) is 16.9 Å². The number of para-hydroxylation sites is 1. The normalized spacial score (nSPS) is 12.4. The van der Waals surface area contributed by atoms with Gasteiger partial charge in [-0.1, -0.05) is 58.0 Å². The average Bonchev–Trinajstić information content (AvgIpc) is 2.92. The first-order chi connectivity index (χ1) is 19.0. The van der Waals surface area contributed by atoms with Crippen molar-refractivity contribution in [1.82, 2.24) is 15.2 Å². The second-order valence-electron chi connectivity index (χ2n) is 10.8. The molecule has 7 heteroatoms. The van der Waals surface area contributed by atoms with E-state index < -0.39 is 0 Å². The molecule has 212 valence electrons. The zero-order valence-electron chi connectivity index (χ0n) is 25.1. The van der Waals surface area contributed by atoms with E-state index >= 15 is 0 Å². The van der Waals surface area contributed by atoms with Gasteiger partial charge in [0.25, 0.3) is 5.91 Å². The molecule has 3 aromatic rings. The third-order valence-corrected chi connectivity index (χ3v) is 6.77. The van der Waals surface area contributed by atoms with Crippen molar-refractivity contribution < 1.29 is 14.3 Å². The second kappa shape index (κ2) is 13.4. The minimum Gasteiger partial charge on any atom is -0.496 e. The first kappa shape index (κ1) is 30.6. The monoisotopic (exact) mass is 542 g/mol. The predicted molar refractivity (Wildman–Crippen MR) is 164 cm³/mol. The third kappa shape index (κ3) is 6.96.